The van der Waals surface area contributed by atoms with Gasteiger partial charge < -0.3 is 15.5 Å². The second-order valence-corrected chi connectivity index (χ2v) is 7.11. The van der Waals surface area contributed by atoms with Crippen LogP contribution in [0.4, 0.5) is 20.2 Å². The normalized spacial score (nSPS) is 15.4. The van der Waals surface area contributed by atoms with Crippen molar-refractivity contribution in [1.29, 1.82) is 0 Å². The summed E-state index contributed by atoms with van der Waals surface area (Å²) in [5.74, 6) is -1.79. The average Bonchev–Trinajstić information content (AvgIpc) is 2.66. The van der Waals surface area contributed by atoms with Gasteiger partial charge in [0.15, 0.2) is 22.5 Å². The maximum absolute atomic E-state index is 13.7. The Morgan fingerprint density at radius 1 is 1.11 bits per heavy atom. The van der Waals surface area contributed by atoms with Crippen LogP contribution in [0.25, 0.3) is 0 Å². The van der Waals surface area contributed by atoms with E-state index in [4.69, 9.17) is 12.2 Å². The Balaban J connectivity index is 1.65. The molecule has 0 saturated carbocycles. The lowest BCUT2D eigenvalue weighted by atomic mass is 9.89. The Bertz CT molecular complexity index is 851. The number of nitrogens with one attached hydrogen (secondary N) is 2. The maximum atomic E-state index is 13.7. The number of rotatable bonds is 4. The standard InChI is InChI=1S/C20H21F2N3OS/c1-25-10-8-13(9-11-25)19(26)14-4-2-5-15(12-14)23-20(27)24-17-7-3-6-16(21)18(17)22/h2-7,12-13H,8-11H2,1H3,(H2,23,24,27). The van der Waals surface area contributed by atoms with Gasteiger partial charge in [-0.15, -0.1) is 0 Å². The number of hydrogen-bond acceptors (Lipinski definition) is 3. The van der Waals surface area contributed by atoms with E-state index in [9.17, 15) is 13.6 Å². The monoisotopic (exact) mass is 389 g/mol. The van der Waals surface area contributed by atoms with Crippen molar-refractivity contribution in [1.82, 2.24) is 4.90 Å². The third-order valence-electron chi connectivity index (χ3n) is 4.69. The highest BCUT2D eigenvalue weighted by Gasteiger charge is 2.24. The Labute approximate surface area is 162 Å². The van der Waals surface area contributed by atoms with Gasteiger partial charge in [-0.05, 0) is 69.5 Å². The molecule has 0 unspecified atom stereocenters. The molecule has 2 aromatic carbocycles. The van der Waals surface area contributed by atoms with Crippen molar-refractivity contribution in [2.24, 2.45) is 5.92 Å². The van der Waals surface area contributed by atoms with E-state index >= 15 is 0 Å². The average molecular weight is 389 g/mol. The van der Waals surface area contributed by atoms with Crippen molar-refractivity contribution in [3.05, 3.63) is 59.7 Å². The summed E-state index contributed by atoms with van der Waals surface area (Å²) in [7, 11) is 2.06. The fourth-order valence-electron chi connectivity index (χ4n) is 3.14. The molecule has 0 aromatic heterocycles. The predicted molar refractivity (Wildman–Crippen MR) is 107 cm³/mol. The van der Waals surface area contributed by atoms with Gasteiger partial charge in [-0.25, -0.2) is 8.78 Å². The molecular weight excluding hydrogens is 368 g/mol. The first kappa shape index (κ1) is 19.4. The molecule has 7 heteroatoms. The quantitative estimate of drug-likeness (QED) is 0.603. The summed E-state index contributed by atoms with van der Waals surface area (Å²) in [5, 5.41) is 5.66. The van der Waals surface area contributed by atoms with Gasteiger partial charge in [0.05, 0.1) is 5.69 Å². The summed E-state index contributed by atoms with van der Waals surface area (Å²) < 4.78 is 27.0. The molecule has 0 radical (unpaired) electrons. The van der Waals surface area contributed by atoms with E-state index in [0.29, 0.717) is 11.3 Å². The van der Waals surface area contributed by atoms with Crippen LogP contribution in [0.5, 0.6) is 0 Å². The number of nitrogens with zero attached hydrogens (tertiary/aromatic N) is 1. The molecule has 2 N–H and O–H groups in total. The Morgan fingerprint density at radius 3 is 2.56 bits per heavy atom. The van der Waals surface area contributed by atoms with Gasteiger partial charge in [0.25, 0.3) is 0 Å². The number of hydrogen-bond donors (Lipinski definition) is 2. The lowest BCUT2D eigenvalue weighted by molar-refractivity contribution is 0.0857. The van der Waals surface area contributed by atoms with Crippen LogP contribution in [0.15, 0.2) is 42.5 Å². The van der Waals surface area contributed by atoms with Crippen LogP contribution in [-0.2, 0) is 0 Å². The fourth-order valence-corrected chi connectivity index (χ4v) is 3.37. The minimum atomic E-state index is -0.993. The number of anilines is 2. The summed E-state index contributed by atoms with van der Waals surface area (Å²) in [6, 6.07) is 10.9. The maximum Gasteiger partial charge on any atom is 0.182 e. The first-order valence-electron chi connectivity index (χ1n) is 8.79. The molecule has 0 aliphatic carbocycles. The largest absolute Gasteiger partial charge is 0.332 e. The van der Waals surface area contributed by atoms with Gasteiger partial charge >= 0.3 is 0 Å². The summed E-state index contributed by atoms with van der Waals surface area (Å²) in [6.45, 7) is 1.84. The van der Waals surface area contributed by atoms with Crippen molar-refractivity contribution < 1.29 is 13.6 Å². The number of halogens is 2. The molecular formula is C20H21F2N3OS. The van der Waals surface area contributed by atoms with Crippen LogP contribution in [0.1, 0.15) is 23.2 Å². The zero-order valence-electron chi connectivity index (χ0n) is 15.0. The summed E-state index contributed by atoms with van der Waals surface area (Å²) in [6.07, 6.45) is 1.71. The lowest BCUT2D eigenvalue weighted by Gasteiger charge is -2.28. The minimum absolute atomic E-state index is 0.0305. The predicted octanol–water partition coefficient (Wildman–Crippen LogP) is 4.30. The number of ketones is 1. The molecule has 1 aliphatic rings. The van der Waals surface area contributed by atoms with E-state index in [0.717, 1.165) is 32.0 Å². The molecule has 2 aromatic rings. The fraction of sp³-hybridized carbons (Fsp3) is 0.300. The molecule has 1 aliphatic heterocycles. The van der Waals surface area contributed by atoms with Crippen molar-refractivity contribution in [2.75, 3.05) is 30.8 Å². The van der Waals surface area contributed by atoms with Crippen molar-refractivity contribution in [3.8, 4) is 0 Å². The minimum Gasteiger partial charge on any atom is -0.332 e. The van der Waals surface area contributed by atoms with E-state index in [-0.39, 0.29) is 22.5 Å². The number of carbonyl (C=O) groups excluding carboxylic acids is 1. The van der Waals surface area contributed by atoms with E-state index in [1.54, 1.807) is 24.3 Å². The third-order valence-corrected chi connectivity index (χ3v) is 4.90. The molecule has 4 nitrogen and oxygen atoms in total. The molecule has 0 amide bonds. The molecule has 1 fully saturated rings. The Morgan fingerprint density at radius 2 is 1.81 bits per heavy atom. The SMILES string of the molecule is CN1CCC(C(=O)c2cccc(NC(=S)Nc3cccc(F)c3F)c2)CC1. The van der Waals surface area contributed by atoms with Crippen molar-refractivity contribution in [2.45, 2.75) is 12.8 Å². The van der Waals surface area contributed by atoms with Crippen molar-refractivity contribution in [3.63, 3.8) is 0 Å². The van der Waals surface area contributed by atoms with E-state index in [1.807, 2.05) is 0 Å². The molecule has 27 heavy (non-hydrogen) atoms. The van der Waals surface area contributed by atoms with Gasteiger partial charge in [0.2, 0.25) is 0 Å². The third kappa shape index (κ3) is 4.87. The van der Waals surface area contributed by atoms with Crippen LogP contribution < -0.4 is 10.6 Å². The lowest BCUT2D eigenvalue weighted by Crippen LogP contribution is -2.33. The molecule has 1 heterocycles. The number of likely N-dealkylation sites (tertiary alicyclic amines) is 1. The van der Waals surface area contributed by atoms with Crippen LogP contribution >= 0.6 is 12.2 Å². The highest BCUT2D eigenvalue weighted by Crippen LogP contribution is 2.23. The molecule has 0 atom stereocenters. The molecule has 0 spiro atoms. The molecule has 0 bridgehead atoms. The van der Waals surface area contributed by atoms with Gasteiger partial charge in [0, 0.05) is 17.2 Å². The summed E-state index contributed by atoms with van der Waals surface area (Å²) in [5.41, 5.74) is 1.18. The number of carbonyl (C=O) groups is 1. The van der Waals surface area contributed by atoms with Gasteiger partial charge in [-0.1, -0.05) is 18.2 Å². The van der Waals surface area contributed by atoms with Gasteiger partial charge in [0.1, 0.15) is 0 Å². The second-order valence-electron chi connectivity index (χ2n) is 6.70. The summed E-state index contributed by atoms with van der Waals surface area (Å²) in [4.78, 5) is 15.0. The highest BCUT2D eigenvalue weighted by atomic mass is 32.1. The van der Waals surface area contributed by atoms with Crippen LogP contribution in [0, 0.1) is 17.6 Å². The Kier molecular flexibility index (Phi) is 6.13. The van der Waals surface area contributed by atoms with Crippen LogP contribution in [0.2, 0.25) is 0 Å². The molecule has 142 valence electrons. The number of thiocarbonyl (C=S) groups is 1. The highest BCUT2D eigenvalue weighted by molar-refractivity contribution is 7.80. The Hall–Kier alpha value is -2.38. The number of Topliss-reactive ketones (excluding diaryl/α,β-unsaturated/α-hetero) is 1. The second kappa shape index (κ2) is 8.54. The zero-order chi connectivity index (χ0) is 19.4. The zero-order valence-corrected chi connectivity index (χ0v) is 15.8. The van der Waals surface area contributed by atoms with E-state index in [1.165, 1.54) is 12.1 Å². The van der Waals surface area contributed by atoms with Gasteiger partial charge in [-0.2, -0.15) is 0 Å². The first-order valence-corrected chi connectivity index (χ1v) is 9.19. The topological polar surface area (TPSA) is 44.4 Å². The first-order chi connectivity index (χ1) is 12.9. The van der Waals surface area contributed by atoms with E-state index < -0.39 is 11.6 Å². The van der Waals surface area contributed by atoms with Crippen LogP contribution in [-0.4, -0.2) is 35.9 Å². The van der Waals surface area contributed by atoms with Gasteiger partial charge in [-0.3, -0.25) is 4.79 Å². The molecule has 1 saturated heterocycles. The smallest absolute Gasteiger partial charge is 0.182 e. The summed E-state index contributed by atoms with van der Waals surface area (Å²) >= 11 is 5.17. The van der Waals surface area contributed by atoms with E-state index in [2.05, 4.69) is 22.6 Å². The number of benzene rings is 2. The van der Waals surface area contributed by atoms with Crippen LogP contribution in [0.3, 0.4) is 0 Å². The number of piperidine rings is 1. The van der Waals surface area contributed by atoms with Crippen molar-refractivity contribution >= 4 is 34.5 Å². The molecule has 3 rings (SSSR count).